The first kappa shape index (κ1) is 12.3. The molecule has 6 heteroatoms. The molecule has 0 saturated heterocycles. The van der Waals surface area contributed by atoms with Gasteiger partial charge in [-0.15, -0.1) is 0 Å². The number of likely N-dealkylation sites (N-methyl/N-ethyl adjacent to an activating group) is 1. The van der Waals surface area contributed by atoms with E-state index in [-0.39, 0.29) is 17.8 Å². The van der Waals surface area contributed by atoms with E-state index in [1.807, 2.05) is 0 Å². The second-order valence-corrected chi connectivity index (χ2v) is 4.50. The quantitative estimate of drug-likeness (QED) is 0.889. The molecule has 0 unspecified atom stereocenters. The van der Waals surface area contributed by atoms with Gasteiger partial charge in [0.05, 0.1) is 6.42 Å². The van der Waals surface area contributed by atoms with Crippen LogP contribution in [0.5, 0.6) is 0 Å². The van der Waals surface area contributed by atoms with Crippen molar-refractivity contribution >= 4 is 23.5 Å². The maximum Gasteiger partial charge on any atom is 0.258 e. The summed E-state index contributed by atoms with van der Waals surface area (Å²) >= 11 is 0. The summed E-state index contributed by atoms with van der Waals surface area (Å²) in [6.07, 6.45) is 3.44. The predicted molar refractivity (Wildman–Crippen MR) is 73.5 cm³/mol. The first-order valence-electron chi connectivity index (χ1n) is 6.13. The molecule has 2 aromatic rings. The van der Waals surface area contributed by atoms with Gasteiger partial charge in [0, 0.05) is 30.7 Å². The van der Waals surface area contributed by atoms with E-state index in [1.165, 1.54) is 0 Å². The van der Waals surface area contributed by atoms with Crippen LogP contribution in [0.15, 0.2) is 36.7 Å². The Hall–Kier alpha value is -2.76. The van der Waals surface area contributed by atoms with Crippen LogP contribution in [0.25, 0.3) is 0 Å². The van der Waals surface area contributed by atoms with Crippen molar-refractivity contribution in [3.63, 3.8) is 0 Å². The van der Waals surface area contributed by atoms with E-state index in [4.69, 9.17) is 0 Å². The lowest BCUT2D eigenvalue weighted by atomic mass is 10.1. The van der Waals surface area contributed by atoms with Crippen LogP contribution >= 0.6 is 0 Å². The molecular weight excluding hydrogens is 256 g/mol. The summed E-state index contributed by atoms with van der Waals surface area (Å²) in [4.78, 5) is 33.2. The minimum Gasteiger partial charge on any atom is -0.315 e. The van der Waals surface area contributed by atoms with Crippen molar-refractivity contribution < 1.29 is 9.59 Å². The second kappa shape index (κ2) is 4.73. The van der Waals surface area contributed by atoms with Crippen molar-refractivity contribution in [3.8, 4) is 0 Å². The van der Waals surface area contributed by atoms with Gasteiger partial charge in [-0.1, -0.05) is 0 Å². The molecule has 1 aromatic carbocycles. The van der Waals surface area contributed by atoms with Crippen molar-refractivity contribution in [1.82, 2.24) is 9.97 Å². The normalized spacial score (nSPS) is 13.2. The van der Waals surface area contributed by atoms with Gasteiger partial charge >= 0.3 is 0 Å². The highest BCUT2D eigenvalue weighted by Gasteiger charge is 2.24. The van der Waals surface area contributed by atoms with Crippen LogP contribution in [0.1, 0.15) is 15.9 Å². The number of aromatic nitrogens is 2. The highest BCUT2D eigenvalue weighted by Crippen LogP contribution is 2.28. The summed E-state index contributed by atoms with van der Waals surface area (Å²) in [6, 6.07) is 6.87. The molecule has 0 saturated carbocycles. The molecule has 0 bridgehead atoms. The number of benzene rings is 1. The topological polar surface area (TPSA) is 75.2 Å². The third kappa shape index (κ3) is 2.11. The number of hydrogen-bond acceptors (Lipinski definition) is 4. The number of amides is 2. The Morgan fingerprint density at radius 1 is 1.30 bits per heavy atom. The predicted octanol–water partition coefficient (Wildman–Crippen LogP) is 1.25. The van der Waals surface area contributed by atoms with Crippen LogP contribution in [0.3, 0.4) is 0 Å². The number of nitrogens with one attached hydrogen (secondary N) is 1. The number of hydrogen-bond donors (Lipinski definition) is 1. The molecule has 0 fully saturated rings. The SMILES string of the molecule is CN1C(=O)Cc2cc(C(=O)Nc3ncccn3)ccc21. The molecule has 2 heterocycles. The van der Waals surface area contributed by atoms with E-state index in [1.54, 1.807) is 48.6 Å². The molecule has 0 atom stereocenters. The maximum absolute atomic E-state index is 12.1. The molecular formula is C14H12N4O2. The van der Waals surface area contributed by atoms with Gasteiger partial charge in [0.25, 0.3) is 5.91 Å². The standard InChI is InChI=1S/C14H12N4O2/c1-18-11-4-3-9(7-10(11)8-12(18)19)13(20)17-14-15-5-2-6-16-14/h2-7H,8H2,1H3,(H,15,16,17,20). The third-order valence-electron chi connectivity index (χ3n) is 3.21. The van der Waals surface area contributed by atoms with Crippen molar-refractivity contribution in [2.45, 2.75) is 6.42 Å². The van der Waals surface area contributed by atoms with Crippen molar-refractivity contribution in [3.05, 3.63) is 47.8 Å². The van der Waals surface area contributed by atoms with Crippen LogP contribution in [0.4, 0.5) is 11.6 Å². The maximum atomic E-state index is 12.1. The molecule has 6 nitrogen and oxygen atoms in total. The largest absolute Gasteiger partial charge is 0.315 e. The van der Waals surface area contributed by atoms with Gasteiger partial charge in [-0.25, -0.2) is 9.97 Å². The highest BCUT2D eigenvalue weighted by molar-refractivity contribution is 6.06. The number of carbonyl (C=O) groups excluding carboxylic acids is 2. The number of carbonyl (C=O) groups is 2. The van der Waals surface area contributed by atoms with Crippen LogP contribution < -0.4 is 10.2 Å². The van der Waals surface area contributed by atoms with Crippen LogP contribution in [-0.4, -0.2) is 28.8 Å². The molecule has 2 amide bonds. The van der Waals surface area contributed by atoms with E-state index in [9.17, 15) is 9.59 Å². The molecule has 0 aliphatic carbocycles. The Morgan fingerprint density at radius 2 is 2.05 bits per heavy atom. The highest BCUT2D eigenvalue weighted by atomic mass is 16.2. The van der Waals surface area contributed by atoms with Gasteiger partial charge in [0.2, 0.25) is 11.9 Å². The van der Waals surface area contributed by atoms with Gasteiger partial charge < -0.3 is 4.90 Å². The number of fused-ring (bicyclic) bond motifs is 1. The fourth-order valence-corrected chi connectivity index (χ4v) is 2.15. The van der Waals surface area contributed by atoms with Gasteiger partial charge in [0.15, 0.2) is 0 Å². The average molecular weight is 268 g/mol. The van der Waals surface area contributed by atoms with Gasteiger partial charge in [-0.3, -0.25) is 14.9 Å². The summed E-state index contributed by atoms with van der Waals surface area (Å²) in [7, 11) is 1.73. The van der Waals surface area contributed by atoms with E-state index in [0.29, 0.717) is 12.0 Å². The summed E-state index contributed by atoms with van der Waals surface area (Å²) in [5, 5.41) is 2.61. The van der Waals surface area contributed by atoms with Gasteiger partial charge in [0.1, 0.15) is 0 Å². The van der Waals surface area contributed by atoms with Crippen LogP contribution in [-0.2, 0) is 11.2 Å². The minimum atomic E-state index is -0.291. The van der Waals surface area contributed by atoms with Gasteiger partial charge in [-0.2, -0.15) is 0 Å². The summed E-state index contributed by atoms with van der Waals surface area (Å²) < 4.78 is 0. The fraction of sp³-hybridized carbons (Fsp3) is 0.143. The Labute approximate surface area is 115 Å². The molecule has 3 rings (SSSR count). The van der Waals surface area contributed by atoms with E-state index in [0.717, 1.165) is 11.3 Å². The Balaban J connectivity index is 1.84. The van der Waals surface area contributed by atoms with Crippen molar-refractivity contribution in [2.24, 2.45) is 0 Å². The number of anilines is 2. The molecule has 1 aliphatic rings. The molecule has 1 N–H and O–H groups in total. The third-order valence-corrected chi connectivity index (χ3v) is 3.21. The number of nitrogens with zero attached hydrogens (tertiary/aromatic N) is 3. The summed E-state index contributed by atoms with van der Waals surface area (Å²) in [6.45, 7) is 0. The molecule has 20 heavy (non-hydrogen) atoms. The summed E-state index contributed by atoms with van der Waals surface area (Å²) in [5.74, 6) is -0.00357. The van der Waals surface area contributed by atoms with E-state index >= 15 is 0 Å². The lowest BCUT2D eigenvalue weighted by Crippen LogP contribution is -2.20. The summed E-state index contributed by atoms with van der Waals surface area (Å²) in [5.41, 5.74) is 2.20. The Morgan fingerprint density at radius 3 is 2.80 bits per heavy atom. The lowest BCUT2D eigenvalue weighted by molar-refractivity contribution is -0.117. The second-order valence-electron chi connectivity index (χ2n) is 4.50. The molecule has 0 radical (unpaired) electrons. The Kier molecular flexibility index (Phi) is 2.90. The molecule has 1 aliphatic heterocycles. The monoisotopic (exact) mass is 268 g/mol. The van der Waals surface area contributed by atoms with E-state index in [2.05, 4.69) is 15.3 Å². The zero-order chi connectivity index (χ0) is 14.1. The number of rotatable bonds is 2. The lowest BCUT2D eigenvalue weighted by Gasteiger charge is -2.10. The average Bonchev–Trinajstić information content (AvgIpc) is 2.74. The molecule has 100 valence electrons. The first-order valence-corrected chi connectivity index (χ1v) is 6.13. The van der Waals surface area contributed by atoms with Gasteiger partial charge in [-0.05, 0) is 29.8 Å². The smallest absolute Gasteiger partial charge is 0.258 e. The minimum absolute atomic E-state index is 0.0314. The first-order chi connectivity index (χ1) is 9.65. The molecule has 0 spiro atoms. The van der Waals surface area contributed by atoms with Crippen LogP contribution in [0, 0.1) is 0 Å². The van der Waals surface area contributed by atoms with Crippen molar-refractivity contribution in [1.29, 1.82) is 0 Å². The van der Waals surface area contributed by atoms with E-state index < -0.39 is 0 Å². The Bertz CT molecular complexity index is 685. The fourth-order valence-electron chi connectivity index (χ4n) is 2.15. The van der Waals surface area contributed by atoms with Crippen molar-refractivity contribution in [2.75, 3.05) is 17.3 Å². The zero-order valence-electron chi connectivity index (χ0n) is 10.8. The molecule has 1 aromatic heterocycles. The zero-order valence-corrected chi connectivity index (χ0v) is 10.8. The van der Waals surface area contributed by atoms with Crippen LogP contribution in [0.2, 0.25) is 0 Å².